The Labute approximate surface area is 449 Å². The Morgan fingerprint density at radius 3 is 2.44 bits per heavy atom. The summed E-state index contributed by atoms with van der Waals surface area (Å²) in [4.78, 5) is 86.8. The van der Waals surface area contributed by atoms with Crippen molar-refractivity contribution in [2.24, 2.45) is 21.7 Å². The summed E-state index contributed by atoms with van der Waals surface area (Å²) >= 11 is 14.8. The highest BCUT2D eigenvalue weighted by molar-refractivity contribution is 7.15. The number of aliphatic imine (C=N–C) groups is 1. The van der Waals surface area contributed by atoms with Crippen LogP contribution in [-0.2, 0) is 37.0 Å². The molecule has 5 aromatic rings. The maximum Gasteiger partial charge on any atom is 0.316 e. The van der Waals surface area contributed by atoms with E-state index in [9.17, 15) is 24.0 Å². The van der Waals surface area contributed by atoms with Gasteiger partial charge in [0.05, 0.1) is 42.6 Å². The molecular formula is C54H61Cl2N11O7S. The lowest BCUT2D eigenvalue weighted by Crippen LogP contribution is -2.54. The fourth-order valence-corrected chi connectivity index (χ4v) is 12.9. The number of halogens is 2. The number of nitrogens with zero attached hydrogens (tertiary/aromatic N) is 8. The topological polar surface area (TPSA) is 215 Å². The minimum Gasteiger partial charge on any atom is -0.488 e. The number of aromatic nitrogens is 5. The predicted octanol–water partition coefficient (Wildman–Crippen LogP) is 6.90. The monoisotopic (exact) mass is 1080 g/mol. The van der Waals surface area contributed by atoms with Gasteiger partial charge in [-0.15, -0.1) is 21.5 Å². The van der Waals surface area contributed by atoms with Crippen LogP contribution in [-0.4, -0.2) is 116 Å². The van der Waals surface area contributed by atoms with E-state index in [4.69, 9.17) is 37.7 Å². The summed E-state index contributed by atoms with van der Waals surface area (Å²) in [5.41, 5.74) is 5.08. The minimum atomic E-state index is -0.857. The number of carbonyl (C=O) groups is 5. The highest BCUT2D eigenvalue weighted by Gasteiger charge is 2.54. The first-order valence-electron chi connectivity index (χ1n) is 25.6. The van der Waals surface area contributed by atoms with Crippen molar-refractivity contribution in [3.63, 3.8) is 0 Å². The van der Waals surface area contributed by atoms with Crippen LogP contribution in [0.15, 0.2) is 53.8 Å². The van der Waals surface area contributed by atoms with E-state index in [2.05, 4.69) is 50.0 Å². The molecule has 6 heterocycles. The maximum atomic E-state index is 14.9. The van der Waals surface area contributed by atoms with Gasteiger partial charge in [0, 0.05) is 82.7 Å². The van der Waals surface area contributed by atoms with Crippen LogP contribution >= 0.6 is 34.5 Å². The molecule has 4 atom stereocenters. The Morgan fingerprint density at radius 2 is 1.71 bits per heavy atom. The average Bonchev–Trinajstić information content (AvgIpc) is 3.86. The smallest absolute Gasteiger partial charge is 0.316 e. The van der Waals surface area contributed by atoms with E-state index >= 15 is 0 Å². The summed E-state index contributed by atoms with van der Waals surface area (Å²) in [6.07, 6.45) is 9.11. The summed E-state index contributed by atoms with van der Waals surface area (Å²) in [6.45, 7) is 9.27. The number of benzene rings is 2. The van der Waals surface area contributed by atoms with E-state index in [-0.39, 0.29) is 67.8 Å². The average molecular weight is 1080 g/mol. The molecule has 10 rings (SSSR count). The zero-order valence-electron chi connectivity index (χ0n) is 42.8. The summed E-state index contributed by atoms with van der Waals surface area (Å²) in [5, 5.41) is 19.2. The van der Waals surface area contributed by atoms with Crippen molar-refractivity contribution in [2.45, 2.75) is 104 Å². The van der Waals surface area contributed by atoms with E-state index in [1.165, 1.54) is 0 Å². The van der Waals surface area contributed by atoms with E-state index in [0.717, 1.165) is 69.1 Å². The molecule has 75 heavy (non-hydrogen) atoms. The van der Waals surface area contributed by atoms with Gasteiger partial charge in [-0.05, 0) is 101 Å². The second-order valence-electron chi connectivity index (χ2n) is 20.7. The standard InChI is InChI=1S/C54H61Cl2N11O7S/c1-30-31(2)75-50-45(30)47(34-9-11-35(55)12-10-34)62-39(48-64-63-32(3)67(48)50)22-42(68)59-26-43(69)58-19-21-73-52-60-24-33(25-61-52)28-74-41-14-13-38(56)36-15-20-66(49(71)37-8-6-7-16-53(37,4)51(72)57-5)40(46(36)41)27-65-29-54(17-18-54)23-44(65)70/h9-14,24-25,37,39-40H,6-8,15-23,26-29H2,1-5H3,(H,57,72)(H,58,69)(H,59,68)/t37-,39-,40+,53-/m0/s1. The SMILES string of the molecule is CNC(=O)[C@@]1(C)CCCC[C@H]1C(=O)N1CCc2c(Cl)ccc(OCc3cnc(OCCNC(=O)CNC(=O)C[C@@H]4N=C(c5ccc(Cl)cc5)c5c(sc(C)c5C)-n5c(C)nnc54)nc3)c2[C@H]1CN1CC2(CC2)CC1=O. The first-order chi connectivity index (χ1) is 36.1. The Bertz CT molecular complexity index is 3080. The van der Waals surface area contributed by atoms with Gasteiger partial charge in [-0.25, -0.2) is 9.97 Å². The normalized spacial score (nSPS) is 21.3. The highest BCUT2D eigenvalue weighted by Crippen LogP contribution is 2.54. The Hall–Kier alpha value is -6.44. The summed E-state index contributed by atoms with van der Waals surface area (Å²) < 4.78 is 14.2. The van der Waals surface area contributed by atoms with Crippen LogP contribution in [0.2, 0.25) is 10.0 Å². The van der Waals surface area contributed by atoms with Crippen molar-refractivity contribution in [3.05, 3.63) is 109 Å². The number of hydrogen-bond acceptors (Lipinski definition) is 13. The molecule has 18 nitrogen and oxygen atoms in total. The number of hydrogen-bond donors (Lipinski definition) is 3. The number of thiophene rings is 1. The lowest BCUT2D eigenvalue weighted by atomic mass is 9.66. The number of likely N-dealkylation sites (tertiary alicyclic amines) is 1. The van der Waals surface area contributed by atoms with Crippen molar-refractivity contribution < 1.29 is 33.4 Å². The third-order valence-corrected chi connectivity index (χ3v) is 17.6. The second kappa shape index (κ2) is 21.3. The van der Waals surface area contributed by atoms with Crippen molar-refractivity contribution in [2.75, 3.05) is 46.4 Å². The quantitative estimate of drug-likeness (QED) is 0.0864. The van der Waals surface area contributed by atoms with Crippen molar-refractivity contribution in [1.29, 1.82) is 0 Å². The Morgan fingerprint density at radius 1 is 0.933 bits per heavy atom. The molecule has 0 radical (unpaired) electrons. The summed E-state index contributed by atoms with van der Waals surface area (Å²) in [6, 6.07) is 9.94. The molecule has 3 aliphatic heterocycles. The van der Waals surface area contributed by atoms with E-state index in [1.54, 1.807) is 36.8 Å². The van der Waals surface area contributed by atoms with Gasteiger partial charge < -0.3 is 35.2 Å². The molecule has 1 spiro atoms. The molecule has 5 amide bonds. The van der Waals surface area contributed by atoms with Crippen molar-refractivity contribution in [3.8, 4) is 16.8 Å². The number of aryl methyl sites for hydroxylation is 2. The van der Waals surface area contributed by atoms with Crippen LogP contribution in [0.5, 0.6) is 11.8 Å². The third-order valence-electron chi connectivity index (χ3n) is 15.8. The molecule has 394 valence electrons. The maximum absolute atomic E-state index is 14.9. The van der Waals surface area contributed by atoms with Crippen molar-refractivity contribution in [1.82, 2.24) is 50.5 Å². The molecule has 2 saturated carbocycles. The molecular weight excluding hydrogens is 1020 g/mol. The zero-order chi connectivity index (χ0) is 52.8. The third kappa shape index (κ3) is 10.5. The van der Waals surface area contributed by atoms with Crippen LogP contribution in [0.1, 0.15) is 120 Å². The van der Waals surface area contributed by atoms with Gasteiger partial charge in [0.25, 0.3) is 0 Å². The van der Waals surface area contributed by atoms with Gasteiger partial charge in [0.15, 0.2) is 5.82 Å². The van der Waals surface area contributed by atoms with Crippen LogP contribution < -0.4 is 25.4 Å². The van der Waals surface area contributed by atoms with Gasteiger partial charge in [-0.3, -0.25) is 33.5 Å². The number of amides is 5. The summed E-state index contributed by atoms with van der Waals surface area (Å²) in [5.74, 6) is 0.314. The van der Waals surface area contributed by atoms with E-state index in [0.29, 0.717) is 78.3 Å². The Kier molecular flexibility index (Phi) is 14.8. The van der Waals surface area contributed by atoms with Crippen LogP contribution in [0, 0.1) is 37.5 Å². The van der Waals surface area contributed by atoms with E-state index in [1.807, 2.05) is 58.5 Å². The number of carbonyl (C=O) groups excluding carboxylic acids is 5. The molecule has 3 N–H and O–H groups in total. The molecule has 2 aromatic carbocycles. The van der Waals surface area contributed by atoms with Gasteiger partial charge in [-0.2, -0.15) is 0 Å². The lowest BCUT2D eigenvalue weighted by Gasteiger charge is -2.46. The predicted molar refractivity (Wildman–Crippen MR) is 282 cm³/mol. The number of rotatable bonds is 16. The van der Waals surface area contributed by atoms with Crippen LogP contribution in [0.4, 0.5) is 0 Å². The zero-order valence-corrected chi connectivity index (χ0v) is 45.1. The fourth-order valence-electron chi connectivity index (χ4n) is 11.3. The first-order valence-corrected chi connectivity index (χ1v) is 27.2. The highest BCUT2D eigenvalue weighted by atomic mass is 35.5. The Balaban J connectivity index is 0.747. The second-order valence-corrected chi connectivity index (χ2v) is 22.8. The van der Waals surface area contributed by atoms with Gasteiger partial charge in [-0.1, -0.05) is 48.2 Å². The molecule has 1 saturated heterocycles. The number of fused-ring (bicyclic) bond motifs is 4. The lowest BCUT2D eigenvalue weighted by molar-refractivity contribution is -0.153. The minimum absolute atomic E-state index is 0.0264. The van der Waals surface area contributed by atoms with Gasteiger partial charge >= 0.3 is 6.01 Å². The molecule has 5 aliphatic rings. The first kappa shape index (κ1) is 52.0. The van der Waals surface area contributed by atoms with Crippen LogP contribution in [0.3, 0.4) is 0 Å². The molecule has 2 aliphatic carbocycles. The fraction of sp³-hybridized carbons (Fsp3) is 0.481. The molecule has 21 heteroatoms. The van der Waals surface area contributed by atoms with E-state index < -0.39 is 29.3 Å². The summed E-state index contributed by atoms with van der Waals surface area (Å²) in [7, 11) is 1.62. The molecule has 3 fully saturated rings. The molecule has 0 unspecified atom stereocenters. The number of nitrogens with one attached hydrogen (secondary N) is 3. The van der Waals surface area contributed by atoms with Gasteiger partial charge in [0.2, 0.25) is 29.5 Å². The van der Waals surface area contributed by atoms with Crippen LogP contribution in [0.25, 0.3) is 5.00 Å². The largest absolute Gasteiger partial charge is 0.488 e. The number of ether oxygens (including phenoxy) is 2. The molecule has 3 aromatic heterocycles. The van der Waals surface area contributed by atoms with Gasteiger partial charge in [0.1, 0.15) is 35.8 Å². The molecule has 0 bridgehead atoms. The van der Waals surface area contributed by atoms with Crippen molar-refractivity contribution >= 4 is 69.8 Å².